The van der Waals surface area contributed by atoms with Gasteiger partial charge in [-0.3, -0.25) is 9.32 Å². The van der Waals surface area contributed by atoms with Crippen LogP contribution in [0, 0.1) is 0 Å². The average molecular weight is 659 g/mol. The molecule has 0 fully saturated rings. The topological polar surface area (TPSA) is 102 Å². The summed E-state index contributed by atoms with van der Waals surface area (Å²) < 4.78 is 26.6. The zero-order valence-electron chi connectivity index (χ0n) is 29.3. The fourth-order valence-electron chi connectivity index (χ4n) is 5.27. The second kappa shape index (κ2) is 34.2. The summed E-state index contributed by atoms with van der Waals surface area (Å²) in [6.45, 7) is 4.06. The van der Waals surface area contributed by atoms with Crippen LogP contribution in [0.4, 0.5) is 0 Å². The van der Waals surface area contributed by atoms with E-state index in [1.165, 1.54) is 122 Å². The summed E-state index contributed by atoms with van der Waals surface area (Å²) in [5, 5.41) is 0. The van der Waals surface area contributed by atoms with Crippen LogP contribution >= 0.6 is 7.82 Å². The van der Waals surface area contributed by atoms with Crippen LogP contribution in [-0.2, 0) is 23.4 Å². The first kappa shape index (κ1) is 43.9. The van der Waals surface area contributed by atoms with E-state index in [0.29, 0.717) is 0 Å². The van der Waals surface area contributed by atoms with Crippen molar-refractivity contribution in [3.05, 3.63) is 24.5 Å². The van der Waals surface area contributed by atoms with Crippen LogP contribution in [0.15, 0.2) is 24.5 Å². The van der Waals surface area contributed by atoms with E-state index in [0.717, 1.165) is 44.9 Å². The van der Waals surface area contributed by atoms with E-state index < -0.39 is 26.5 Å². The molecule has 0 bridgehead atoms. The molecule has 0 aromatic carbocycles. The number of ether oxygens (including phenoxy) is 2. The van der Waals surface area contributed by atoms with Gasteiger partial charge in [-0.1, -0.05) is 154 Å². The lowest BCUT2D eigenvalue weighted by molar-refractivity contribution is -0.153. The molecule has 0 aliphatic rings. The van der Waals surface area contributed by atoms with E-state index >= 15 is 0 Å². The maximum Gasteiger partial charge on any atom is 0.469 e. The highest BCUT2D eigenvalue weighted by atomic mass is 31.2. The van der Waals surface area contributed by atoms with Gasteiger partial charge < -0.3 is 19.3 Å². The van der Waals surface area contributed by atoms with E-state index in [2.05, 4.69) is 30.5 Å². The van der Waals surface area contributed by atoms with Crippen molar-refractivity contribution >= 4 is 13.8 Å². The predicted molar refractivity (Wildman–Crippen MR) is 188 cm³/mol. The van der Waals surface area contributed by atoms with Crippen molar-refractivity contribution in [2.75, 3.05) is 13.2 Å². The summed E-state index contributed by atoms with van der Waals surface area (Å²) in [6, 6.07) is 0. The first-order valence-corrected chi connectivity index (χ1v) is 20.2. The number of allylic oxidation sites excluding steroid dienone is 3. The van der Waals surface area contributed by atoms with Crippen LogP contribution in [-0.4, -0.2) is 35.1 Å². The number of unbranched alkanes of at least 4 members (excludes halogenated alkanes) is 23. The van der Waals surface area contributed by atoms with E-state index in [4.69, 9.17) is 19.3 Å². The van der Waals surface area contributed by atoms with E-state index in [1.807, 2.05) is 6.08 Å². The Morgan fingerprint density at radius 3 is 1.49 bits per heavy atom. The van der Waals surface area contributed by atoms with E-state index in [1.54, 1.807) is 6.26 Å². The highest BCUT2D eigenvalue weighted by Crippen LogP contribution is 2.35. The zero-order chi connectivity index (χ0) is 33.1. The Labute approximate surface area is 277 Å². The number of phosphoric ester groups is 1. The van der Waals surface area contributed by atoms with Crippen molar-refractivity contribution in [2.24, 2.45) is 0 Å². The molecule has 8 heteroatoms. The number of carbonyl (C=O) groups is 1. The number of hydrogen-bond acceptors (Lipinski definition) is 5. The maximum absolute atomic E-state index is 12.3. The van der Waals surface area contributed by atoms with E-state index in [9.17, 15) is 9.36 Å². The highest BCUT2D eigenvalue weighted by Gasteiger charge is 2.21. The van der Waals surface area contributed by atoms with Crippen LogP contribution in [0.2, 0.25) is 0 Å². The van der Waals surface area contributed by atoms with Gasteiger partial charge in [-0.05, 0) is 44.6 Å². The summed E-state index contributed by atoms with van der Waals surface area (Å²) in [5.74, 6) is -0.395. The second-order valence-electron chi connectivity index (χ2n) is 12.6. The van der Waals surface area contributed by atoms with Gasteiger partial charge in [0.2, 0.25) is 0 Å². The molecule has 1 atom stereocenters. The Bertz CT molecular complexity index is 734. The number of rotatable bonds is 35. The summed E-state index contributed by atoms with van der Waals surface area (Å²) in [5.41, 5.74) is 0. The molecule has 0 aliphatic carbocycles. The molecule has 0 amide bonds. The summed E-state index contributed by atoms with van der Waals surface area (Å²) in [7, 11) is -4.66. The minimum Gasteiger partial charge on any atom is -0.498 e. The monoisotopic (exact) mass is 658 g/mol. The van der Waals surface area contributed by atoms with Crippen molar-refractivity contribution in [3.8, 4) is 0 Å². The summed E-state index contributed by atoms with van der Waals surface area (Å²) in [4.78, 5) is 30.4. The van der Waals surface area contributed by atoms with Crippen LogP contribution in [0.5, 0.6) is 0 Å². The molecule has 266 valence electrons. The van der Waals surface area contributed by atoms with Crippen LogP contribution in [0.25, 0.3) is 0 Å². The Hall–Kier alpha value is -1.14. The molecule has 2 N–H and O–H groups in total. The van der Waals surface area contributed by atoms with Gasteiger partial charge in [0.1, 0.15) is 6.61 Å². The first-order valence-electron chi connectivity index (χ1n) is 18.7. The Kier molecular flexibility index (Phi) is 33.3. The third-order valence-corrected chi connectivity index (χ3v) is 8.55. The third kappa shape index (κ3) is 37.2. The number of hydrogen-bond donors (Lipinski definition) is 2. The molecule has 45 heavy (non-hydrogen) atoms. The molecule has 0 radical (unpaired) electrons. The smallest absolute Gasteiger partial charge is 0.469 e. The van der Waals surface area contributed by atoms with Gasteiger partial charge in [-0.25, -0.2) is 4.57 Å². The van der Waals surface area contributed by atoms with Crippen molar-refractivity contribution in [1.29, 1.82) is 0 Å². The Morgan fingerprint density at radius 1 is 0.578 bits per heavy atom. The Morgan fingerprint density at radius 2 is 1.00 bits per heavy atom. The highest BCUT2D eigenvalue weighted by molar-refractivity contribution is 7.46. The molecular formula is C37H71O7P. The third-order valence-electron chi connectivity index (χ3n) is 8.07. The van der Waals surface area contributed by atoms with Gasteiger partial charge >= 0.3 is 13.8 Å². The van der Waals surface area contributed by atoms with Crippen molar-refractivity contribution in [2.45, 2.75) is 193 Å². The van der Waals surface area contributed by atoms with Crippen LogP contribution in [0.3, 0.4) is 0 Å². The SMILES string of the molecule is CCCC/C=C\CCCCCCCC(=O)O[C@H](CO/C=C\CCCCCCCCCCCCCCCCCC)COP(=O)(O)O. The maximum atomic E-state index is 12.3. The molecular weight excluding hydrogens is 587 g/mol. The van der Waals surface area contributed by atoms with Gasteiger partial charge in [-0.2, -0.15) is 0 Å². The second-order valence-corrected chi connectivity index (χ2v) is 13.9. The minimum absolute atomic E-state index is 0.00697. The van der Waals surface area contributed by atoms with Crippen molar-refractivity contribution in [1.82, 2.24) is 0 Å². The lowest BCUT2D eigenvalue weighted by Gasteiger charge is -2.18. The quantitative estimate of drug-likeness (QED) is 0.0230. The lowest BCUT2D eigenvalue weighted by Crippen LogP contribution is -2.27. The van der Waals surface area contributed by atoms with Crippen LogP contribution < -0.4 is 0 Å². The van der Waals surface area contributed by atoms with Gasteiger partial charge in [0, 0.05) is 6.42 Å². The molecule has 0 rings (SSSR count). The average Bonchev–Trinajstić information content (AvgIpc) is 3.01. The molecule has 0 saturated heterocycles. The molecule has 0 unspecified atom stereocenters. The predicted octanol–water partition coefficient (Wildman–Crippen LogP) is 11.7. The van der Waals surface area contributed by atoms with Gasteiger partial charge in [0.25, 0.3) is 0 Å². The van der Waals surface area contributed by atoms with Gasteiger partial charge in [0.15, 0.2) is 6.10 Å². The van der Waals surface area contributed by atoms with E-state index in [-0.39, 0.29) is 13.0 Å². The normalized spacial score (nSPS) is 12.8. The number of carbonyl (C=O) groups excluding carboxylic acids is 1. The van der Waals surface area contributed by atoms with Gasteiger partial charge in [0.05, 0.1) is 12.9 Å². The number of phosphoric acid groups is 1. The summed E-state index contributed by atoms with van der Waals surface area (Å²) in [6.07, 6.45) is 39.8. The molecule has 0 aromatic heterocycles. The van der Waals surface area contributed by atoms with Crippen molar-refractivity contribution in [3.63, 3.8) is 0 Å². The fraction of sp³-hybridized carbons (Fsp3) is 0.865. The standard InChI is InChI=1S/C37H71O7P/c1-3-5-7-9-11-13-15-16-17-18-19-20-21-23-25-27-29-31-33-42-34-36(35-43-45(39,40)41)44-37(38)32-30-28-26-24-22-14-12-10-8-6-4-2/h10,12,31,33,36H,3-9,11,13-30,32,34-35H2,1-2H3,(H2,39,40,41)/b12-10-,33-31-/t36-/m1/s1. The molecule has 0 saturated carbocycles. The first-order chi connectivity index (χ1) is 21.9. The van der Waals surface area contributed by atoms with Gasteiger partial charge in [-0.15, -0.1) is 0 Å². The fourth-order valence-corrected chi connectivity index (χ4v) is 5.63. The molecule has 0 aliphatic heterocycles. The van der Waals surface area contributed by atoms with Crippen LogP contribution in [0.1, 0.15) is 187 Å². The lowest BCUT2D eigenvalue weighted by atomic mass is 10.0. The minimum atomic E-state index is -4.66. The molecule has 0 aromatic rings. The molecule has 0 heterocycles. The largest absolute Gasteiger partial charge is 0.498 e. The zero-order valence-corrected chi connectivity index (χ0v) is 30.2. The Balaban J connectivity index is 3.84. The molecule has 0 spiro atoms. The molecule has 7 nitrogen and oxygen atoms in total. The number of esters is 1. The summed E-state index contributed by atoms with van der Waals surface area (Å²) >= 11 is 0. The van der Waals surface area contributed by atoms with Crippen molar-refractivity contribution < 1.29 is 33.1 Å².